The Balaban J connectivity index is 1.62. The lowest BCUT2D eigenvalue weighted by molar-refractivity contribution is -0.131. The number of aryl methyl sites for hydroxylation is 1. The first kappa shape index (κ1) is 18.8. The summed E-state index contributed by atoms with van der Waals surface area (Å²) >= 11 is 0. The van der Waals surface area contributed by atoms with E-state index in [0.717, 1.165) is 5.56 Å². The number of nitrogens with one attached hydrogen (secondary N) is 1. The molecule has 9 heteroatoms. The second kappa shape index (κ2) is 6.64. The van der Waals surface area contributed by atoms with E-state index in [1.165, 1.54) is 9.21 Å². The Hall–Kier alpha value is -1.97. The minimum Gasteiger partial charge on any atom is -0.324 e. The summed E-state index contributed by atoms with van der Waals surface area (Å²) in [4.78, 5) is 27.6. The molecule has 8 nitrogen and oxygen atoms in total. The maximum Gasteiger partial charge on any atom is 0.326 e. The number of piperazine rings is 1. The van der Waals surface area contributed by atoms with Crippen molar-refractivity contribution in [1.82, 2.24) is 19.4 Å². The first-order chi connectivity index (χ1) is 12.1. The van der Waals surface area contributed by atoms with Crippen molar-refractivity contribution in [3.63, 3.8) is 0 Å². The molecule has 0 spiro atoms. The van der Waals surface area contributed by atoms with Crippen molar-refractivity contribution < 1.29 is 18.0 Å². The van der Waals surface area contributed by atoms with Crippen LogP contribution >= 0.6 is 0 Å². The van der Waals surface area contributed by atoms with E-state index in [1.54, 1.807) is 38.1 Å². The van der Waals surface area contributed by atoms with Crippen molar-refractivity contribution in [2.75, 3.05) is 32.8 Å². The highest BCUT2D eigenvalue weighted by atomic mass is 32.2. The third kappa shape index (κ3) is 3.46. The summed E-state index contributed by atoms with van der Waals surface area (Å²) in [5.41, 5.74) is 0.110. The second-order valence-corrected chi connectivity index (χ2v) is 9.20. The number of hydrogen-bond acceptors (Lipinski definition) is 5. The number of sulfonamides is 1. The molecule has 3 rings (SSSR count). The maximum absolute atomic E-state index is 12.7. The molecule has 1 aromatic carbocycles. The molecule has 3 amide bonds. The van der Waals surface area contributed by atoms with Crippen LogP contribution in [0.4, 0.5) is 4.79 Å². The summed E-state index contributed by atoms with van der Waals surface area (Å²) in [6, 6.07) is 6.39. The molecule has 1 aromatic rings. The largest absolute Gasteiger partial charge is 0.326 e. The van der Waals surface area contributed by atoms with Gasteiger partial charge in [0.25, 0.3) is 5.91 Å². The van der Waals surface area contributed by atoms with E-state index < -0.39 is 21.6 Å². The summed E-state index contributed by atoms with van der Waals surface area (Å²) in [5.74, 6) is -0.266. The maximum atomic E-state index is 12.7. The Labute approximate surface area is 153 Å². The van der Waals surface area contributed by atoms with Gasteiger partial charge in [0, 0.05) is 26.2 Å². The number of carbonyl (C=O) groups is 2. The zero-order valence-corrected chi connectivity index (χ0v) is 16.0. The number of rotatable bonds is 4. The molecule has 0 aromatic heterocycles. The molecule has 0 saturated carbocycles. The number of hydrogen-bond donors (Lipinski definition) is 1. The molecule has 0 radical (unpaired) electrons. The van der Waals surface area contributed by atoms with Crippen LogP contribution in [0.15, 0.2) is 29.2 Å². The first-order valence-electron chi connectivity index (χ1n) is 8.54. The number of benzene rings is 1. The van der Waals surface area contributed by atoms with Gasteiger partial charge in [-0.1, -0.05) is 17.7 Å². The van der Waals surface area contributed by atoms with Crippen LogP contribution in [0.25, 0.3) is 0 Å². The summed E-state index contributed by atoms with van der Waals surface area (Å²) in [6.45, 7) is 6.98. The van der Waals surface area contributed by atoms with Crippen LogP contribution in [0.5, 0.6) is 0 Å². The van der Waals surface area contributed by atoms with Crippen LogP contribution in [-0.2, 0) is 14.8 Å². The lowest BCUT2D eigenvalue weighted by Crippen LogP contribution is -2.52. The van der Waals surface area contributed by atoms with Crippen molar-refractivity contribution in [2.45, 2.75) is 31.2 Å². The van der Waals surface area contributed by atoms with E-state index in [0.29, 0.717) is 26.2 Å². The van der Waals surface area contributed by atoms with E-state index in [-0.39, 0.29) is 17.5 Å². The SMILES string of the molecule is Cc1ccc(S(=O)(=O)N2CCN(CN3C(=O)NC(C)(C)C3=O)CC2)cc1. The standard InChI is InChI=1S/C17H24N4O4S/c1-13-4-6-14(7-5-13)26(24,25)20-10-8-19(9-11-20)12-21-15(22)17(2,3)18-16(21)23/h4-7H,8-12H2,1-3H3,(H,18,23). The Kier molecular flexibility index (Phi) is 4.80. The van der Waals surface area contributed by atoms with Gasteiger partial charge in [0.05, 0.1) is 11.6 Å². The molecule has 0 atom stereocenters. The normalized spacial score (nSPS) is 21.9. The Bertz CT molecular complexity index is 812. The van der Waals surface area contributed by atoms with Crippen LogP contribution in [-0.4, -0.2) is 72.8 Å². The quantitative estimate of drug-likeness (QED) is 0.772. The number of carbonyl (C=O) groups excluding carboxylic acids is 2. The smallest absolute Gasteiger partial charge is 0.324 e. The summed E-state index contributed by atoms with van der Waals surface area (Å²) < 4.78 is 26.9. The van der Waals surface area contributed by atoms with Crippen molar-refractivity contribution in [3.8, 4) is 0 Å². The van der Waals surface area contributed by atoms with Crippen LogP contribution in [0.2, 0.25) is 0 Å². The van der Waals surface area contributed by atoms with Gasteiger partial charge in [-0.3, -0.25) is 9.69 Å². The molecule has 0 unspecified atom stereocenters. The minimum atomic E-state index is -3.52. The molecular weight excluding hydrogens is 356 g/mol. The number of amides is 3. The van der Waals surface area contributed by atoms with E-state index in [1.807, 2.05) is 11.8 Å². The van der Waals surface area contributed by atoms with E-state index in [2.05, 4.69) is 5.32 Å². The van der Waals surface area contributed by atoms with Crippen LogP contribution < -0.4 is 5.32 Å². The van der Waals surface area contributed by atoms with Crippen LogP contribution in [0, 0.1) is 6.92 Å². The van der Waals surface area contributed by atoms with Gasteiger partial charge in [0.1, 0.15) is 5.54 Å². The molecule has 1 N–H and O–H groups in total. The van der Waals surface area contributed by atoms with E-state index in [4.69, 9.17) is 0 Å². The molecule has 2 aliphatic rings. The van der Waals surface area contributed by atoms with Gasteiger partial charge >= 0.3 is 6.03 Å². The van der Waals surface area contributed by atoms with Gasteiger partial charge in [-0.05, 0) is 32.9 Å². The van der Waals surface area contributed by atoms with Crippen molar-refractivity contribution in [2.24, 2.45) is 0 Å². The van der Waals surface area contributed by atoms with E-state index >= 15 is 0 Å². The van der Waals surface area contributed by atoms with Gasteiger partial charge in [-0.15, -0.1) is 0 Å². The average Bonchev–Trinajstić information content (AvgIpc) is 2.77. The Morgan fingerprint density at radius 3 is 2.12 bits per heavy atom. The van der Waals surface area contributed by atoms with Crippen molar-refractivity contribution >= 4 is 22.0 Å². The first-order valence-corrected chi connectivity index (χ1v) is 9.98. The highest BCUT2D eigenvalue weighted by Crippen LogP contribution is 2.20. The second-order valence-electron chi connectivity index (χ2n) is 7.26. The minimum absolute atomic E-state index is 0.173. The molecule has 2 fully saturated rings. The van der Waals surface area contributed by atoms with Gasteiger partial charge in [0.2, 0.25) is 10.0 Å². The Morgan fingerprint density at radius 2 is 1.62 bits per heavy atom. The van der Waals surface area contributed by atoms with Crippen LogP contribution in [0.3, 0.4) is 0 Å². The molecule has 0 bridgehead atoms. The predicted octanol–water partition coefficient (Wildman–Crippen LogP) is 0.589. The van der Waals surface area contributed by atoms with Gasteiger partial charge in [-0.25, -0.2) is 18.1 Å². The van der Waals surface area contributed by atoms with E-state index in [9.17, 15) is 18.0 Å². The Morgan fingerprint density at radius 1 is 1.04 bits per heavy atom. The van der Waals surface area contributed by atoms with Gasteiger partial charge in [0.15, 0.2) is 0 Å². The number of urea groups is 1. The zero-order valence-electron chi connectivity index (χ0n) is 15.2. The van der Waals surface area contributed by atoms with Crippen molar-refractivity contribution in [3.05, 3.63) is 29.8 Å². The predicted molar refractivity (Wildman–Crippen MR) is 95.8 cm³/mol. The third-order valence-corrected chi connectivity index (χ3v) is 6.69. The third-order valence-electron chi connectivity index (χ3n) is 4.78. The lowest BCUT2D eigenvalue weighted by Gasteiger charge is -2.35. The fourth-order valence-electron chi connectivity index (χ4n) is 3.12. The molecule has 2 aliphatic heterocycles. The van der Waals surface area contributed by atoms with Gasteiger partial charge in [-0.2, -0.15) is 4.31 Å². The fourth-order valence-corrected chi connectivity index (χ4v) is 4.54. The number of nitrogens with zero attached hydrogens (tertiary/aromatic N) is 3. The topological polar surface area (TPSA) is 90.0 Å². The average molecular weight is 380 g/mol. The zero-order chi connectivity index (χ0) is 19.1. The lowest BCUT2D eigenvalue weighted by atomic mass is 10.1. The highest BCUT2D eigenvalue weighted by molar-refractivity contribution is 7.89. The van der Waals surface area contributed by atoms with Gasteiger partial charge < -0.3 is 5.32 Å². The molecular formula is C17H24N4O4S. The van der Waals surface area contributed by atoms with Crippen LogP contribution in [0.1, 0.15) is 19.4 Å². The summed E-state index contributed by atoms with van der Waals surface area (Å²) in [7, 11) is -3.52. The molecule has 142 valence electrons. The monoisotopic (exact) mass is 380 g/mol. The molecule has 26 heavy (non-hydrogen) atoms. The molecule has 2 saturated heterocycles. The van der Waals surface area contributed by atoms with Crippen molar-refractivity contribution in [1.29, 1.82) is 0 Å². The molecule has 2 heterocycles. The molecule has 0 aliphatic carbocycles. The fraction of sp³-hybridized carbons (Fsp3) is 0.529. The summed E-state index contributed by atoms with van der Waals surface area (Å²) in [5, 5.41) is 2.65. The summed E-state index contributed by atoms with van der Waals surface area (Å²) in [6.07, 6.45) is 0. The number of imide groups is 1. The highest BCUT2D eigenvalue weighted by Gasteiger charge is 2.45.